The van der Waals surface area contributed by atoms with Crippen LogP contribution in [0, 0.1) is 20.8 Å². The number of aryl methyl sites for hydroxylation is 2. The zero-order valence-corrected chi connectivity index (χ0v) is 24.6. The molecule has 2 N–H and O–H groups in total. The highest BCUT2D eigenvalue weighted by molar-refractivity contribution is 7.86. The maximum atomic E-state index is 13.9. The second kappa shape index (κ2) is 10.0. The molecule has 9 heteroatoms. The molecule has 0 aliphatic carbocycles. The topological polar surface area (TPSA) is 119 Å². The molecule has 41 heavy (non-hydrogen) atoms. The van der Waals surface area contributed by atoms with Crippen LogP contribution in [0.15, 0.2) is 53.9 Å². The van der Waals surface area contributed by atoms with E-state index in [9.17, 15) is 22.9 Å². The zero-order chi connectivity index (χ0) is 29.9. The first-order valence-electron chi connectivity index (χ1n) is 13.4. The van der Waals surface area contributed by atoms with Gasteiger partial charge in [-0.25, -0.2) is 0 Å². The summed E-state index contributed by atoms with van der Waals surface area (Å²) in [7, 11) is -4.47. The average Bonchev–Trinajstić information content (AvgIpc) is 2.87. The summed E-state index contributed by atoms with van der Waals surface area (Å²) >= 11 is 0. The minimum absolute atomic E-state index is 0.0981. The van der Waals surface area contributed by atoms with Crippen LogP contribution < -0.4 is 14.2 Å². The van der Waals surface area contributed by atoms with E-state index >= 15 is 0 Å². The number of carbonyl (C=O) groups excluding carboxylic acids is 1. The molecule has 3 aromatic carbocycles. The molecular formula is C32H34O8S. The van der Waals surface area contributed by atoms with Gasteiger partial charge in [-0.1, -0.05) is 30.9 Å². The lowest BCUT2D eigenvalue weighted by Crippen LogP contribution is -2.45. The Labute approximate surface area is 240 Å². The molecule has 0 saturated carbocycles. The Morgan fingerprint density at radius 2 is 1.83 bits per heavy atom. The van der Waals surface area contributed by atoms with Crippen molar-refractivity contribution in [1.29, 1.82) is 0 Å². The summed E-state index contributed by atoms with van der Waals surface area (Å²) in [5.74, 6) is 0.812. The van der Waals surface area contributed by atoms with Gasteiger partial charge in [0.1, 0.15) is 41.0 Å². The van der Waals surface area contributed by atoms with Gasteiger partial charge in [0.2, 0.25) is 5.78 Å². The molecule has 1 atom stereocenters. The summed E-state index contributed by atoms with van der Waals surface area (Å²) in [5, 5.41) is 11.9. The van der Waals surface area contributed by atoms with Gasteiger partial charge in [0.15, 0.2) is 5.60 Å². The molecule has 2 aliphatic heterocycles. The largest absolute Gasteiger partial charge is 0.489 e. The fourth-order valence-corrected chi connectivity index (χ4v) is 6.98. The summed E-state index contributed by atoms with van der Waals surface area (Å²) in [6.07, 6.45) is 2.98. The molecule has 0 bridgehead atoms. The highest BCUT2D eigenvalue weighted by Gasteiger charge is 2.47. The van der Waals surface area contributed by atoms with Crippen LogP contribution in [0.1, 0.15) is 58.4 Å². The van der Waals surface area contributed by atoms with E-state index in [4.69, 9.17) is 14.2 Å². The van der Waals surface area contributed by atoms with E-state index in [-0.39, 0.29) is 40.6 Å². The second-order valence-electron chi connectivity index (χ2n) is 11.4. The van der Waals surface area contributed by atoms with Crippen molar-refractivity contribution in [3.8, 4) is 28.4 Å². The SMILES string of the molecule is C=CCOc1cc(-c2c(C)cc(C)c(S(=O)(=O)O)c2C)ccc1C1(O)COc2c(ccc3c2CCC(C)(C)O3)C1=O. The van der Waals surface area contributed by atoms with Crippen molar-refractivity contribution in [2.45, 2.75) is 63.6 Å². The molecule has 216 valence electrons. The summed E-state index contributed by atoms with van der Waals surface area (Å²) in [6, 6.07) is 10.00. The van der Waals surface area contributed by atoms with Crippen molar-refractivity contribution >= 4 is 15.9 Å². The maximum Gasteiger partial charge on any atom is 0.295 e. The Hall–Kier alpha value is -3.66. The number of Topliss-reactive ketones (excluding diaryl/α,β-unsaturated/α-hetero) is 1. The Morgan fingerprint density at radius 1 is 1.10 bits per heavy atom. The minimum Gasteiger partial charge on any atom is -0.489 e. The van der Waals surface area contributed by atoms with Gasteiger partial charge in [0.05, 0.1) is 5.56 Å². The van der Waals surface area contributed by atoms with Gasteiger partial charge in [-0.05, 0) is 93.5 Å². The highest BCUT2D eigenvalue weighted by atomic mass is 32.2. The normalized spacial score (nSPS) is 19.4. The van der Waals surface area contributed by atoms with Gasteiger partial charge in [-0.2, -0.15) is 8.42 Å². The summed E-state index contributed by atoms with van der Waals surface area (Å²) in [6.45, 7) is 12.6. The molecule has 3 aromatic rings. The lowest BCUT2D eigenvalue weighted by Gasteiger charge is -2.37. The van der Waals surface area contributed by atoms with E-state index in [1.807, 2.05) is 20.8 Å². The molecule has 0 spiro atoms. The van der Waals surface area contributed by atoms with Gasteiger partial charge >= 0.3 is 0 Å². The number of hydrogen-bond donors (Lipinski definition) is 2. The standard InChI is InChI=1S/C32H34O8S/c1-7-14-38-26-16-21(27-18(2)15-19(3)29(20(27)4)41(35,36)37)8-10-24(26)32(34)17-39-28-22-12-13-31(5,6)40-25(22)11-9-23(28)30(32)33/h7-11,15-16,34H,1,12-14,17H2,2-6H3,(H,35,36,37). The van der Waals surface area contributed by atoms with E-state index in [0.717, 1.165) is 17.5 Å². The number of hydrogen-bond acceptors (Lipinski definition) is 7. The zero-order valence-electron chi connectivity index (χ0n) is 23.8. The number of benzene rings is 3. The average molecular weight is 579 g/mol. The van der Waals surface area contributed by atoms with Gasteiger partial charge in [0.25, 0.3) is 10.1 Å². The molecule has 1 unspecified atom stereocenters. The third-order valence-electron chi connectivity index (χ3n) is 7.86. The molecule has 2 aliphatic rings. The first-order valence-corrected chi connectivity index (χ1v) is 14.8. The van der Waals surface area contributed by atoms with Crippen LogP contribution in [0.3, 0.4) is 0 Å². The van der Waals surface area contributed by atoms with Crippen LogP contribution in [-0.4, -0.2) is 42.7 Å². The number of rotatable bonds is 6. The highest BCUT2D eigenvalue weighted by Crippen LogP contribution is 2.47. The van der Waals surface area contributed by atoms with Crippen LogP contribution in [0.2, 0.25) is 0 Å². The number of fused-ring (bicyclic) bond motifs is 3. The molecule has 8 nitrogen and oxygen atoms in total. The monoisotopic (exact) mass is 578 g/mol. The Kier molecular flexibility index (Phi) is 7.04. The Morgan fingerprint density at radius 3 is 2.51 bits per heavy atom. The van der Waals surface area contributed by atoms with E-state index in [2.05, 4.69) is 6.58 Å². The van der Waals surface area contributed by atoms with Gasteiger partial charge in [-0.3, -0.25) is 9.35 Å². The van der Waals surface area contributed by atoms with Crippen LogP contribution >= 0.6 is 0 Å². The van der Waals surface area contributed by atoms with Crippen LogP contribution in [-0.2, 0) is 22.1 Å². The Balaban J connectivity index is 1.62. The first kappa shape index (κ1) is 28.9. The van der Waals surface area contributed by atoms with Crippen molar-refractivity contribution in [1.82, 2.24) is 0 Å². The molecule has 0 aromatic heterocycles. The van der Waals surface area contributed by atoms with Gasteiger partial charge in [-0.15, -0.1) is 0 Å². The predicted octanol–water partition coefficient (Wildman–Crippen LogP) is 5.66. The number of aliphatic hydroxyl groups is 1. The van der Waals surface area contributed by atoms with Crippen molar-refractivity contribution < 1.29 is 37.1 Å². The van der Waals surface area contributed by atoms with Gasteiger partial charge in [0, 0.05) is 11.1 Å². The van der Waals surface area contributed by atoms with E-state index in [1.54, 1.807) is 56.3 Å². The Bertz CT molecular complexity index is 1700. The first-order chi connectivity index (χ1) is 19.2. The minimum atomic E-state index is -4.47. The summed E-state index contributed by atoms with van der Waals surface area (Å²) < 4.78 is 52.3. The van der Waals surface area contributed by atoms with Crippen molar-refractivity contribution in [2.24, 2.45) is 0 Å². The predicted molar refractivity (Wildman–Crippen MR) is 155 cm³/mol. The molecular weight excluding hydrogens is 544 g/mol. The molecule has 0 fully saturated rings. The van der Waals surface area contributed by atoms with E-state index < -0.39 is 21.5 Å². The lowest BCUT2D eigenvalue weighted by atomic mass is 9.81. The van der Waals surface area contributed by atoms with E-state index in [1.165, 1.54) is 0 Å². The quantitative estimate of drug-likeness (QED) is 0.284. The maximum absolute atomic E-state index is 13.9. The van der Waals surface area contributed by atoms with Gasteiger partial charge < -0.3 is 19.3 Å². The van der Waals surface area contributed by atoms with Crippen molar-refractivity contribution in [3.63, 3.8) is 0 Å². The summed E-state index contributed by atoms with van der Waals surface area (Å²) in [5.41, 5.74) is 1.72. The number of ketones is 1. The van der Waals surface area contributed by atoms with Crippen molar-refractivity contribution in [2.75, 3.05) is 13.2 Å². The lowest BCUT2D eigenvalue weighted by molar-refractivity contribution is -0.00737. The second-order valence-corrected chi connectivity index (χ2v) is 12.7. The van der Waals surface area contributed by atoms with Crippen molar-refractivity contribution in [3.05, 3.63) is 82.4 Å². The molecule has 0 saturated heterocycles. The fourth-order valence-electron chi connectivity index (χ4n) is 6.02. The van der Waals surface area contributed by atoms with Crippen LogP contribution in [0.5, 0.6) is 17.2 Å². The molecule has 0 radical (unpaired) electrons. The van der Waals surface area contributed by atoms with Crippen LogP contribution in [0.4, 0.5) is 0 Å². The molecule has 2 heterocycles. The third-order valence-corrected chi connectivity index (χ3v) is 9.00. The third kappa shape index (κ3) is 4.92. The molecule has 5 rings (SSSR count). The smallest absolute Gasteiger partial charge is 0.295 e. The summed E-state index contributed by atoms with van der Waals surface area (Å²) in [4.78, 5) is 13.7. The number of ether oxygens (including phenoxy) is 3. The van der Waals surface area contributed by atoms with Crippen LogP contribution in [0.25, 0.3) is 11.1 Å². The van der Waals surface area contributed by atoms with E-state index in [0.29, 0.717) is 40.2 Å². The molecule has 0 amide bonds. The number of carbonyl (C=O) groups is 1. The fraction of sp³-hybridized carbons (Fsp3) is 0.344.